The topological polar surface area (TPSA) is 65.6 Å². The Balaban J connectivity index is 1.98. The Kier molecular flexibility index (Phi) is 2.38. The van der Waals surface area contributed by atoms with Gasteiger partial charge in [0.2, 0.25) is 0 Å². The number of benzene rings is 1. The molecule has 0 unspecified atom stereocenters. The fraction of sp³-hybridized carbons (Fsp3) is 0.0667. The second-order valence-electron chi connectivity index (χ2n) is 4.85. The molecule has 4 rings (SSSR count). The second-order valence-corrected chi connectivity index (χ2v) is 4.85. The van der Waals surface area contributed by atoms with Gasteiger partial charge in [-0.25, -0.2) is 0 Å². The fourth-order valence-electron chi connectivity index (χ4n) is 2.39. The van der Waals surface area contributed by atoms with Crippen LogP contribution in [0.25, 0.3) is 27.6 Å². The van der Waals surface area contributed by atoms with Gasteiger partial charge < -0.3 is 0 Å². The van der Waals surface area contributed by atoms with E-state index < -0.39 is 0 Å². The molecule has 3 aromatic heterocycles. The van der Waals surface area contributed by atoms with Gasteiger partial charge in [-0.05, 0) is 30.3 Å². The zero-order valence-electron chi connectivity index (χ0n) is 11.3. The standard InChI is InChI=1S/C15H11N5O/c1-19-9-10-7-11(4-5-12(10)17-19)20-15(21)8-14-13(18-20)3-2-6-16-14/h2-9H,1H3. The van der Waals surface area contributed by atoms with E-state index in [1.165, 1.54) is 10.7 Å². The van der Waals surface area contributed by atoms with Gasteiger partial charge in [-0.1, -0.05) is 0 Å². The van der Waals surface area contributed by atoms with E-state index in [-0.39, 0.29) is 5.56 Å². The van der Waals surface area contributed by atoms with Gasteiger partial charge in [-0.15, -0.1) is 0 Å². The lowest BCUT2D eigenvalue weighted by molar-refractivity contribution is 0.780. The Morgan fingerprint density at radius 3 is 2.81 bits per heavy atom. The molecule has 0 aliphatic rings. The zero-order chi connectivity index (χ0) is 14.4. The van der Waals surface area contributed by atoms with Crippen molar-refractivity contribution in [2.24, 2.45) is 7.05 Å². The maximum Gasteiger partial charge on any atom is 0.273 e. The van der Waals surface area contributed by atoms with Crippen LogP contribution in [-0.2, 0) is 7.05 Å². The molecule has 0 amide bonds. The first-order valence-corrected chi connectivity index (χ1v) is 6.50. The highest BCUT2D eigenvalue weighted by atomic mass is 16.1. The number of nitrogens with zero attached hydrogens (tertiary/aromatic N) is 5. The number of pyridine rings is 1. The molecular weight excluding hydrogens is 266 g/mol. The minimum absolute atomic E-state index is 0.204. The van der Waals surface area contributed by atoms with E-state index >= 15 is 0 Å². The molecule has 21 heavy (non-hydrogen) atoms. The van der Waals surface area contributed by atoms with Crippen LogP contribution in [-0.4, -0.2) is 24.5 Å². The van der Waals surface area contributed by atoms with Crippen molar-refractivity contribution in [3.63, 3.8) is 0 Å². The number of rotatable bonds is 1. The SMILES string of the molecule is Cn1cc2cc(-n3nc4cccnc4cc3=O)ccc2n1. The summed E-state index contributed by atoms with van der Waals surface area (Å²) in [7, 11) is 1.87. The van der Waals surface area contributed by atoms with E-state index in [0.29, 0.717) is 16.7 Å². The van der Waals surface area contributed by atoms with Crippen molar-refractivity contribution in [3.05, 3.63) is 59.1 Å². The Labute approximate surface area is 119 Å². The van der Waals surface area contributed by atoms with Crippen molar-refractivity contribution in [1.29, 1.82) is 0 Å². The van der Waals surface area contributed by atoms with Crippen LogP contribution in [0, 0.1) is 0 Å². The van der Waals surface area contributed by atoms with Crippen molar-refractivity contribution in [1.82, 2.24) is 24.5 Å². The Morgan fingerprint density at radius 2 is 1.90 bits per heavy atom. The van der Waals surface area contributed by atoms with Crippen molar-refractivity contribution in [3.8, 4) is 5.69 Å². The summed E-state index contributed by atoms with van der Waals surface area (Å²) in [5.41, 5.74) is 2.68. The van der Waals surface area contributed by atoms with E-state index in [1.807, 2.05) is 37.5 Å². The van der Waals surface area contributed by atoms with Gasteiger partial charge in [0.25, 0.3) is 5.56 Å². The highest BCUT2D eigenvalue weighted by Crippen LogP contribution is 2.16. The number of aryl methyl sites for hydroxylation is 1. The molecule has 1 aromatic carbocycles. The number of fused-ring (bicyclic) bond motifs is 2. The molecule has 102 valence electrons. The van der Waals surface area contributed by atoms with Crippen LogP contribution >= 0.6 is 0 Å². The van der Waals surface area contributed by atoms with Crippen molar-refractivity contribution < 1.29 is 0 Å². The summed E-state index contributed by atoms with van der Waals surface area (Å²) in [5, 5.41) is 9.66. The number of hydrogen-bond acceptors (Lipinski definition) is 4. The molecule has 0 spiro atoms. The number of hydrogen-bond donors (Lipinski definition) is 0. The molecule has 0 fully saturated rings. The largest absolute Gasteiger partial charge is 0.275 e. The first kappa shape index (κ1) is 11.8. The Hall–Kier alpha value is -3.02. The fourth-order valence-corrected chi connectivity index (χ4v) is 2.39. The van der Waals surface area contributed by atoms with Crippen molar-refractivity contribution in [2.45, 2.75) is 0 Å². The normalized spacial score (nSPS) is 11.3. The minimum atomic E-state index is -0.204. The average Bonchev–Trinajstić information content (AvgIpc) is 2.85. The van der Waals surface area contributed by atoms with Crippen molar-refractivity contribution in [2.75, 3.05) is 0 Å². The lowest BCUT2D eigenvalue weighted by atomic mass is 10.2. The third-order valence-electron chi connectivity index (χ3n) is 3.34. The average molecular weight is 277 g/mol. The van der Waals surface area contributed by atoms with Gasteiger partial charge in [0.15, 0.2) is 0 Å². The summed E-state index contributed by atoms with van der Waals surface area (Å²) in [5.74, 6) is 0. The van der Waals surface area contributed by atoms with Gasteiger partial charge in [0, 0.05) is 30.9 Å². The molecule has 0 saturated heterocycles. The molecule has 0 aliphatic heterocycles. The molecule has 0 bridgehead atoms. The second kappa shape index (κ2) is 4.24. The van der Waals surface area contributed by atoms with Crippen LogP contribution in [0.5, 0.6) is 0 Å². The van der Waals surface area contributed by atoms with E-state index in [1.54, 1.807) is 16.9 Å². The summed E-state index contributed by atoms with van der Waals surface area (Å²) in [6, 6.07) is 10.8. The molecule has 6 nitrogen and oxygen atoms in total. The molecule has 4 aromatic rings. The van der Waals surface area contributed by atoms with Crippen molar-refractivity contribution >= 4 is 21.9 Å². The molecule has 3 heterocycles. The molecule has 6 heteroatoms. The molecule has 0 atom stereocenters. The Bertz CT molecular complexity index is 1030. The predicted octanol–water partition coefficient (Wildman–Crippen LogP) is 1.67. The summed E-state index contributed by atoms with van der Waals surface area (Å²) in [4.78, 5) is 16.4. The zero-order valence-corrected chi connectivity index (χ0v) is 11.3. The highest BCUT2D eigenvalue weighted by molar-refractivity contribution is 5.80. The smallest absolute Gasteiger partial charge is 0.273 e. The molecule has 0 N–H and O–H groups in total. The van der Waals surface area contributed by atoms with Crippen LogP contribution in [0.2, 0.25) is 0 Å². The molecule has 0 radical (unpaired) electrons. The first-order valence-electron chi connectivity index (χ1n) is 6.50. The monoisotopic (exact) mass is 277 g/mol. The van der Waals surface area contributed by atoms with Gasteiger partial charge in [0.05, 0.1) is 16.7 Å². The molecule has 0 aliphatic carbocycles. The quantitative estimate of drug-likeness (QED) is 0.531. The third kappa shape index (κ3) is 1.88. The van der Waals surface area contributed by atoms with Crippen LogP contribution in [0.4, 0.5) is 0 Å². The predicted molar refractivity (Wildman–Crippen MR) is 79.4 cm³/mol. The lowest BCUT2D eigenvalue weighted by Crippen LogP contribution is -2.20. The summed E-state index contributed by atoms with van der Waals surface area (Å²) >= 11 is 0. The summed E-state index contributed by atoms with van der Waals surface area (Å²) in [6.45, 7) is 0. The van der Waals surface area contributed by atoms with E-state index in [0.717, 1.165) is 10.9 Å². The summed E-state index contributed by atoms with van der Waals surface area (Å²) in [6.07, 6.45) is 3.56. The van der Waals surface area contributed by atoms with E-state index in [9.17, 15) is 4.79 Å². The first-order chi connectivity index (χ1) is 10.2. The minimum Gasteiger partial charge on any atom is -0.275 e. The van der Waals surface area contributed by atoms with Crippen LogP contribution < -0.4 is 5.56 Å². The molecular formula is C15H11N5O. The van der Waals surface area contributed by atoms with Gasteiger partial charge >= 0.3 is 0 Å². The highest BCUT2D eigenvalue weighted by Gasteiger charge is 2.07. The maximum atomic E-state index is 12.2. The maximum absolute atomic E-state index is 12.2. The summed E-state index contributed by atoms with van der Waals surface area (Å²) < 4.78 is 3.13. The van der Waals surface area contributed by atoms with E-state index in [4.69, 9.17) is 0 Å². The van der Waals surface area contributed by atoms with Crippen LogP contribution in [0.15, 0.2) is 53.6 Å². The molecule has 0 saturated carbocycles. The van der Waals surface area contributed by atoms with E-state index in [2.05, 4.69) is 15.2 Å². The van der Waals surface area contributed by atoms with Crippen LogP contribution in [0.3, 0.4) is 0 Å². The van der Waals surface area contributed by atoms with Gasteiger partial charge in [-0.2, -0.15) is 14.9 Å². The van der Waals surface area contributed by atoms with Gasteiger partial charge in [0.1, 0.15) is 5.52 Å². The third-order valence-corrected chi connectivity index (χ3v) is 3.34. The lowest BCUT2D eigenvalue weighted by Gasteiger charge is -2.05. The van der Waals surface area contributed by atoms with Crippen LogP contribution in [0.1, 0.15) is 0 Å². The Morgan fingerprint density at radius 1 is 1.00 bits per heavy atom. The number of aromatic nitrogens is 5. The van der Waals surface area contributed by atoms with Gasteiger partial charge in [-0.3, -0.25) is 14.5 Å².